The first-order valence-electron chi connectivity index (χ1n) is 36.2. The van der Waals surface area contributed by atoms with Gasteiger partial charge in [-0.15, -0.1) is 70.6 Å². The van der Waals surface area contributed by atoms with E-state index in [0.717, 1.165) is 45.5 Å². The van der Waals surface area contributed by atoms with Gasteiger partial charge in [0.05, 0.1) is 147 Å². The molecule has 0 saturated heterocycles. The van der Waals surface area contributed by atoms with Crippen LogP contribution in [0.1, 0.15) is 44.5 Å². The number of ether oxygens (including phenoxy) is 10. The predicted molar refractivity (Wildman–Crippen MR) is 489 cm³/mol. The van der Waals surface area contributed by atoms with Gasteiger partial charge in [0.2, 0.25) is 0 Å². The smallest absolute Gasteiger partial charge is 0.346 e. The molecule has 4 aliphatic rings. The van der Waals surface area contributed by atoms with E-state index >= 15 is 0 Å². The fourth-order valence-electron chi connectivity index (χ4n) is 12.4. The summed E-state index contributed by atoms with van der Waals surface area (Å²) < 4.78 is 70.1. The number of thioether (sulfide) groups is 14. The number of benzene rings is 8. The molecule has 8 aromatic carbocycles. The Morgan fingerprint density at radius 1 is 0.268 bits per heavy atom. The van der Waals surface area contributed by atoms with E-state index in [0.29, 0.717) is 114 Å². The predicted octanol–water partition coefficient (Wildman–Crippen LogP) is 22.8. The molecule has 26 heteroatoms. The first-order chi connectivity index (χ1) is 55.2. The van der Waals surface area contributed by atoms with E-state index in [1.54, 1.807) is 35.3 Å². The third-order valence-electron chi connectivity index (χ3n) is 17.4. The summed E-state index contributed by atoms with van der Waals surface area (Å²) >= 11 is 23.7. The van der Waals surface area contributed by atoms with E-state index in [1.165, 1.54) is 126 Å². The molecule has 0 spiro atoms. The number of carbonyl (C=O) groups excluding carboxylic acids is 2. The zero-order valence-corrected chi connectivity index (χ0v) is 73.7. The molecule has 12 rings (SSSR count). The summed E-state index contributed by atoms with van der Waals surface area (Å²) in [7, 11) is 2.79. The zero-order valence-electron chi connectivity index (χ0n) is 62.3. The van der Waals surface area contributed by atoms with E-state index in [9.17, 15) is 9.59 Å². The molecular weight excluding hydrogens is 1670 g/mol. The van der Waals surface area contributed by atoms with Gasteiger partial charge in [0.1, 0.15) is 34.5 Å². The number of carbonyl (C=O) groups is 2. The van der Waals surface area contributed by atoms with Gasteiger partial charge in [-0.05, 0) is 81.3 Å². The minimum absolute atomic E-state index is 0.394. The second-order valence-electron chi connectivity index (χ2n) is 24.3. The van der Waals surface area contributed by atoms with E-state index in [1.807, 2.05) is 94.5 Å². The molecule has 4 aliphatic heterocycles. The van der Waals surface area contributed by atoms with Crippen molar-refractivity contribution < 1.29 is 57.0 Å². The minimum Gasteiger partial charge on any atom is -0.491 e. The van der Waals surface area contributed by atoms with Gasteiger partial charge in [-0.1, -0.05) is 300 Å². The van der Waals surface area contributed by atoms with Gasteiger partial charge in [0, 0.05) is 23.0 Å². The second kappa shape index (κ2) is 46.5. The van der Waals surface area contributed by atoms with Gasteiger partial charge < -0.3 is 47.4 Å². The molecule has 4 heterocycles. The largest absolute Gasteiger partial charge is 0.491 e. The molecule has 112 heavy (non-hydrogen) atoms. The Morgan fingerprint density at radius 3 is 0.759 bits per heavy atom. The second-order valence-corrected chi connectivity index (χ2v) is 41.1. The average molecular weight is 1760 g/mol. The lowest BCUT2D eigenvalue weighted by molar-refractivity contribution is -0.136. The van der Waals surface area contributed by atoms with Crippen LogP contribution in [0.3, 0.4) is 0 Å². The zero-order chi connectivity index (χ0) is 77.4. The topological polar surface area (TPSA) is 126 Å². The average Bonchev–Trinajstić information content (AvgIpc) is 1.03. The molecule has 8 aromatic rings. The van der Waals surface area contributed by atoms with Crippen LogP contribution in [-0.2, 0) is 58.3 Å². The van der Waals surface area contributed by atoms with Crippen LogP contribution in [0.4, 0.5) is 0 Å². The van der Waals surface area contributed by atoms with Crippen molar-refractivity contribution in [3.8, 4) is 11.5 Å². The molecule has 586 valence electrons. The minimum atomic E-state index is -0.524. The van der Waals surface area contributed by atoms with Gasteiger partial charge in [-0.2, -0.15) is 0 Å². The lowest BCUT2D eigenvalue weighted by Gasteiger charge is -2.36. The fourth-order valence-corrected chi connectivity index (χ4v) is 31.7. The quantitative estimate of drug-likeness (QED) is 0.0204. The Balaban J connectivity index is 0.493. The summed E-state index contributed by atoms with van der Waals surface area (Å²) in [4.78, 5) is 27.2. The maximum Gasteiger partial charge on any atom is 0.346 e. The third-order valence-corrected chi connectivity index (χ3v) is 37.0. The number of hydrogen-bond donors (Lipinski definition) is 0. The number of methoxy groups -OCH3 is 2. The van der Waals surface area contributed by atoms with Gasteiger partial charge in [-0.25, -0.2) is 9.59 Å². The lowest BCUT2D eigenvalue weighted by atomic mass is 9.65. The van der Waals surface area contributed by atoms with Gasteiger partial charge >= 0.3 is 11.9 Å². The van der Waals surface area contributed by atoms with Crippen molar-refractivity contribution in [1.82, 2.24) is 0 Å². The molecule has 0 N–H and O–H groups in total. The Labute approximate surface area is 718 Å². The van der Waals surface area contributed by atoms with Crippen LogP contribution < -0.4 is 9.47 Å². The highest BCUT2D eigenvalue weighted by atomic mass is 32.3. The molecule has 0 atom stereocenters. The Morgan fingerprint density at radius 2 is 0.491 bits per heavy atom. The summed E-state index contributed by atoms with van der Waals surface area (Å²) in [6, 6.07) is 81.1. The molecule has 0 amide bonds. The molecule has 0 fully saturated rings. The highest BCUT2D eigenvalue weighted by Crippen LogP contribution is 2.67. The fraction of sp³-hybridized carbons (Fsp3) is 0.279. The summed E-state index contributed by atoms with van der Waals surface area (Å²) in [6.45, 7) is 6.74. The summed E-state index contributed by atoms with van der Waals surface area (Å²) in [5, 5.41) is 0. The van der Waals surface area contributed by atoms with Crippen LogP contribution in [0.25, 0.3) is 0 Å². The van der Waals surface area contributed by atoms with Gasteiger partial charge in [0.25, 0.3) is 0 Å². The Kier molecular flexibility index (Phi) is 36.0. The van der Waals surface area contributed by atoms with Crippen LogP contribution in [0.2, 0.25) is 0 Å². The molecule has 12 nitrogen and oxygen atoms in total. The van der Waals surface area contributed by atoms with Crippen molar-refractivity contribution in [3.05, 3.63) is 327 Å². The van der Waals surface area contributed by atoms with Gasteiger partial charge in [-0.3, -0.25) is 0 Å². The van der Waals surface area contributed by atoms with Crippen LogP contribution in [0.15, 0.2) is 283 Å². The molecule has 0 aliphatic carbocycles. The van der Waals surface area contributed by atoms with Crippen molar-refractivity contribution in [3.63, 3.8) is 0 Å². The van der Waals surface area contributed by atoms with E-state index < -0.39 is 22.8 Å². The first kappa shape index (κ1) is 86.7. The van der Waals surface area contributed by atoms with E-state index in [4.69, 9.17) is 47.4 Å². The third kappa shape index (κ3) is 23.2. The molecule has 0 saturated carbocycles. The number of esters is 2. The molecule has 0 unspecified atom stereocenters. The molecule has 0 bridgehead atoms. The lowest BCUT2D eigenvalue weighted by Crippen LogP contribution is -2.30. The monoisotopic (exact) mass is 1760 g/mol. The maximum atomic E-state index is 13.1. The van der Waals surface area contributed by atoms with Crippen LogP contribution in [-0.4, -0.2) is 154 Å². The van der Waals surface area contributed by atoms with Crippen molar-refractivity contribution in [2.75, 3.05) is 142 Å². The molecular formula is C86H86O12S14. The highest BCUT2D eigenvalue weighted by Gasteiger charge is 2.41. The van der Waals surface area contributed by atoms with E-state index in [2.05, 4.69) is 231 Å². The Bertz CT molecular complexity index is 4330. The summed E-state index contributed by atoms with van der Waals surface area (Å²) in [5.74, 6) is 3.74. The normalized spacial score (nSPS) is 16.0. The number of hydrogen-bond acceptors (Lipinski definition) is 26. The van der Waals surface area contributed by atoms with Crippen LogP contribution in [0.5, 0.6) is 11.5 Å². The van der Waals surface area contributed by atoms with Crippen molar-refractivity contribution in [1.29, 1.82) is 0 Å². The van der Waals surface area contributed by atoms with Crippen LogP contribution >= 0.6 is 165 Å². The van der Waals surface area contributed by atoms with Crippen molar-refractivity contribution >= 4 is 177 Å². The van der Waals surface area contributed by atoms with Crippen LogP contribution in [0, 0.1) is 0 Å². The summed E-state index contributed by atoms with van der Waals surface area (Å²) in [6.07, 6.45) is 4.31. The number of rotatable bonds is 45. The SMILES string of the molecule is COC(=O)C1=C(SCCOCCOCCOc2ccc(C(c3ccccc3)(c3ccccc3)c3ccccc3)cc2)S/C(=C2\SC(SCCOCCOCCSC3=C(SC)S/C(=C4\SC(SC)=C(SCCOCCOCCOc5ccc(C(c6ccccc6)(c6ccccc6)c6ccccc6)cc5)S4)S3)=C(C(=O)OC)S2)S1. The van der Waals surface area contributed by atoms with E-state index in [-0.39, 0.29) is 0 Å². The standard InChI is InChI=1S/C86H86O12S14/c1-89-73(87)71-75(101-57-53-93-45-43-91-49-51-97-69-39-35-67(36-40-69)85(61-23-11-5-12-24-61,62-25-13-6-14-26-62)63-27-15-7-16-28-63)107-81(105-71)82-106-72(74(88)90-2)76(108-82)102-58-54-95-47-48-96-56-60-104-80-78(100-4)110-84(112-80)83-109-77(99-3)79(111-83)103-59-55-94-46-44-92-50-52-98-70-41-37-68(38-42-70)86(64-29-17-8-18-30-64,65-31-19-9-20-32-65)66-33-21-10-22-34-66/h5-42H,43-60H2,1-4H3/b82-81-,84-83-. The Hall–Kier alpha value is -4.60. The van der Waals surface area contributed by atoms with Gasteiger partial charge in [0.15, 0.2) is 0 Å². The highest BCUT2D eigenvalue weighted by molar-refractivity contribution is 8.45. The van der Waals surface area contributed by atoms with Crippen molar-refractivity contribution in [2.45, 2.75) is 10.8 Å². The van der Waals surface area contributed by atoms with Crippen molar-refractivity contribution in [2.24, 2.45) is 0 Å². The first-order valence-corrected chi connectivity index (χ1v) is 49.1. The molecule has 0 radical (unpaired) electrons. The maximum absolute atomic E-state index is 13.1. The molecule has 0 aromatic heterocycles. The summed E-state index contributed by atoms with van der Waals surface area (Å²) in [5.41, 5.74) is 8.45.